The first-order valence-electron chi connectivity index (χ1n) is 11.6. The Morgan fingerprint density at radius 1 is 1.00 bits per heavy atom. The average molecular weight is 512 g/mol. The molecule has 2 fully saturated rings. The molecule has 0 spiro atoms. The van der Waals surface area contributed by atoms with Crippen LogP contribution in [-0.2, 0) is 9.59 Å². The quantitative estimate of drug-likeness (QED) is 0.630. The molecule has 2 heterocycles. The highest BCUT2D eigenvalue weighted by Crippen LogP contribution is 2.33. The summed E-state index contributed by atoms with van der Waals surface area (Å²) >= 11 is 3.50. The topological polar surface area (TPSA) is 69.7 Å². The Bertz CT molecular complexity index is 1040. The summed E-state index contributed by atoms with van der Waals surface area (Å²) in [6.45, 7) is 4.72. The van der Waals surface area contributed by atoms with Crippen LogP contribution < -0.4 is 5.32 Å². The number of nitrogens with one attached hydrogen (secondary N) is 1. The largest absolute Gasteiger partial charge is 0.345 e. The maximum atomic E-state index is 13.3. The fourth-order valence-electron chi connectivity index (χ4n) is 5.14. The van der Waals surface area contributed by atoms with E-state index in [0.717, 1.165) is 34.9 Å². The zero-order chi connectivity index (χ0) is 23.5. The van der Waals surface area contributed by atoms with Gasteiger partial charge in [0.05, 0.1) is 12.1 Å². The minimum absolute atomic E-state index is 0.0181. The lowest BCUT2D eigenvalue weighted by Crippen LogP contribution is -2.50. The van der Waals surface area contributed by atoms with Gasteiger partial charge in [0.2, 0.25) is 11.8 Å². The number of likely N-dealkylation sites (tertiary alicyclic amines) is 2. The number of fused-ring (bicyclic) bond motifs is 1. The van der Waals surface area contributed by atoms with Crippen LogP contribution in [0.3, 0.4) is 0 Å². The van der Waals surface area contributed by atoms with Crippen LogP contribution >= 0.6 is 15.9 Å². The normalized spacial score (nSPS) is 20.5. The Balaban J connectivity index is 1.45. The lowest BCUT2D eigenvalue weighted by atomic mass is 10.0. The van der Waals surface area contributed by atoms with Gasteiger partial charge in [-0.1, -0.05) is 53.5 Å². The molecule has 7 heteroatoms. The molecule has 2 aliphatic rings. The van der Waals surface area contributed by atoms with Crippen molar-refractivity contribution in [1.29, 1.82) is 0 Å². The highest BCUT2D eigenvalue weighted by Gasteiger charge is 2.47. The molecule has 0 radical (unpaired) electrons. The molecule has 2 saturated heterocycles. The standard InChI is InChI=1S/C26H30BrN3O3/c1-3-5-22(28-17(2)31)26(33)30-15-13-23-24(30)12-14-29(23)25(32)19-10-8-18(9-11-19)20-6-4-7-21(27)16-20/h4,6-11,16,22-24H,3,5,12-15H2,1-2H3,(H,28,31)/t22?,23-,24-/m0/s1. The van der Waals surface area contributed by atoms with Crippen LogP contribution in [0.5, 0.6) is 0 Å². The van der Waals surface area contributed by atoms with Gasteiger partial charge >= 0.3 is 0 Å². The van der Waals surface area contributed by atoms with Crippen LogP contribution in [0.25, 0.3) is 11.1 Å². The van der Waals surface area contributed by atoms with E-state index in [1.54, 1.807) is 0 Å². The van der Waals surface area contributed by atoms with Crippen molar-refractivity contribution in [3.8, 4) is 11.1 Å². The summed E-state index contributed by atoms with van der Waals surface area (Å²) in [7, 11) is 0. The predicted molar refractivity (Wildman–Crippen MR) is 132 cm³/mol. The van der Waals surface area contributed by atoms with E-state index in [-0.39, 0.29) is 29.8 Å². The van der Waals surface area contributed by atoms with Gasteiger partial charge in [0, 0.05) is 30.0 Å². The molecule has 3 amide bonds. The molecule has 1 unspecified atom stereocenters. The SMILES string of the molecule is CCCC(NC(C)=O)C(=O)N1CC[C@H]2[C@@H]1CCN2C(=O)c1ccc(-c2cccc(Br)c2)cc1. The highest BCUT2D eigenvalue weighted by atomic mass is 79.9. The Labute approximate surface area is 203 Å². The Morgan fingerprint density at radius 2 is 1.67 bits per heavy atom. The van der Waals surface area contributed by atoms with Gasteiger partial charge in [-0.2, -0.15) is 0 Å². The molecule has 0 saturated carbocycles. The molecule has 0 aliphatic carbocycles. The first-order chi connectivity index (χ1) is 15.9. The summed E-state index contributed by atoms with van der Waals surface area (Å²) in [5, 5.41) is 2.81. The first kappa shape index (κ1) is 23.5. The third-order valence-corrected chi connectivity index (χ3v) is 7.16. The fourth-order valence-corrected chi connectivity index (χ4v) is 5.54. The molecule has 0 bridgehead atoms. The number of benzene rings is 2. The van der Waals surface area contributed by atoms with Gasteiger partial charge in [-0.3, -0.25) is 14.4 Å². The van der Waals surface area contributed by atoms with E-state index in [4.69, 9.17) is 0 Å². The molecule has 3 atom stereocenters. The molecule has 2 aromatic rings. The summed E-state index contributed by atoms with van der Waals surface area (Å²) in [5.41, 5.74) is 2.82. The van der Waals surface area contributed by atoms with Crippen molar-refractivity contribution < 1.29 is 14.4 Å². The Kier molecular flexibility index (Phi) is 7.17. The van der Waals surface area contributed by atoms with Crippen LogP contribution in [-0.4, -0.2) is 58.7 Å². The Hall–Kier alpha value is -2.67. The van der Waals surface area contributed by atoms with Crippen LogP contribution in [0.2, 0.25) is 0 Å². The van der Waals surface area contributed by atoms with E-state index in [1.807, 2.05) is 59.2 Å². The van der Waals surface area contributed by atoms with Crippen molar-refractivity contribution >= 4 is 33.7 Å². The minimum Gasteiger partial charge on any atom is -0.345 e. The second-order valence-electron chi connectivity index (χ2n) is 8.87. The molecule has 4 rings (SSSR count). The molecule has 2 aliphatic heterocycles. The molecule has 1 N–H and O–H groups in total. The molecule has 6 nitrogen and oxygen atoms in total. The smallest absolute Gasteiger partial charge is 0.254 e. The van der Waals surface area contributed by atoms with Crippen LogP contribution in [0.15, 0.2) is 53.0 Å². The van der Waals surface area contributed by atoms with E-state index in [9.17, 15) is 14.4 Å². The maximum Gasteiger partial charge on any atom is 0.254 e. The van der Waals surface area contributed by atoms with Crippen LogP contribution in [0.4, 0.5) is 0 Å². The fraction of sp³-hybridized carbons (Fsp3) is 0.423. The number of nitrogens with zero attached hydrogens (tertiary/aromatic N) is 2. The van der Waals surface area contributed by atoms with Crippen molar-refractivity contribution in [2.24, 2.45) is 0 Å². The first-order valence-corrected chi connectivity index (χ1v) is 12.4. The van der Waals surface area contributed by atoms with E-state index < -0.39 is 6.04 Å². The van der Waals surface area contributed by atoms with E-state index in [2.05, 4.69) is 27.3 Å². The Morgan fingerprint density at radius 3 is 2.30 bits per heavy atom. The average Bonchev–Trinajstić information content (AvgIpc) is 3.40. The van der Waals surface area contributed by atoms with Gasteiger partial charge in [0.1, 0.15) is 6.04 Å². The highest BCUT2D eigenvalue weighted by molar-refractivity contribution is 9.10. The van der Waals surface area contributed by atoms with Gasteiger partial charge < -0.3 is 15.1 Å². The summed E-state index contributed by atoms with van der Waals surface area (Å²) in [5.74, 6) is -0.191. The summed E-state index contributed by atoms with van der Waals surface area (Å²) in [6.07, 6.45) is 2.99. The third kappa shape index (κ3) is 4.98. The third-order valence-electron chi connectivity index (χ3n) is 6.66. The zero-order valence-corrected chi connectivity index (χ0v) is 20.7. The molecule has 33 heavy (non-hydrogen) atoms. The molecular formula is C26H30BrN3O3. The van der Waals surface area contributed by atoms with Gasteiger partial charge in [-0.15, -0.1) is 0 Å². The zero-order valence-electron chi connectivity index (χ0n) is 19.1. The number of hydrogen-bond acceptors (Lipinski definition) is 3. The number of halogens is 1. The van der Waals surface area contributed by atoms with E-state index in [0.29, 0.717) is 25.1 Å². The van der Waals surface area contributed by atoms with Gasteiger partial charge in [0.15, 0.2) is 0 Å². The number of carbonyl (C=O) groups is 3. The number of hydrogen-bond donors (Lipinski definition) is 1. The van der Waals surface area contributed by atoms with Crippen molar-refractivity contribution in [2.45, 2.75) is 57.7 Å². The minimum atomic E-state index is -0.485. The lowest BCUT2D eigenvalue weighted by molar-refractivity contribution is -0.137. The lowest BCUT2D eigenvalue weighted by Gasteiger charge is -2.29. The van der Waals surface area contributed by atoms with Gasteiger partial charge in [-0.05, 0) is 54.7 Å². The molecule has 0 aromatic heterocycles. The molecule has 2 aromatic carbocycles. The second kappa shape index (κ2) is 10.1. The van der Waals surface area contributed by atoms with E-state index in [1.165, 1.54) is 6.92 Å². The van der Waals surface area contributed by atoms with Gasteiger partial charge in [-0.25, -0.2) is 0 Å². The molecular weight excluding hydrogens is 482 g/mol. The van der Waals surface area contributed by atoms with Crippen LogP contribution in [0.1, 0.15) is 49.9 Å². The number of carbonyl (C=O) groups excluding carboxylic acids is 3. The van der Waals surface area contributed by atoms with Crippen LogP contribution in [0, 0.1) is 0 Å². The van der Waals surface area contributed by atoms with Crippen molar-refractivity contribution in [1.82, 2.24) is 15.1 Å². The van der Waals surface area contributed by atoms with Crippen molar-refractivity contribution in [3.63, 3.8) is 0 Å². The van der Waals surface area contributed by atoms with Crippen molar-refractivity contribution in [2.75, 3.05) is 13.1 Å². The maximum absolute atomic E-state index is 13.3. The van der Waals surface area contributed by atoms with Crippen molar-refractivity contribution in [3.05, 3.63) is 58.6 Å². The summed E-state index contributed by atoms with van der Waals surface area (Å²) in [6, 6.07) is 15.4. The van der Waals surface area contributed by atoms with Gasteiger partial charge in [0.25, 0.3) is 5.91 Å². The van der Waals surface area contributed by atoms with E-state index >= 15 is 0 Å². The predicted octanol–water partition coefficient (Wildman–Crippen LogP) is 4.24. The summed E-state index contributed by atoms with van der Waals surface area (Å²) in [4.78, 5) is 41.9. The second-order valence-corrected chi connectivity index (χ2v) is 9.79. The number of amides is 3. The summed E-state index contributed by atoms with van der Waals surface area (Å²) < 4.78 is 1.02. The molecule has 174 valence electrons. The number of rotatable bonds is 6. The monoisotopic (exact) mass is 511 g/mol.